The van der Waals surface area contributed by atoms with Gasteiger partial charge in [-0.05, 0) is 20.3 Å². The summed E-state index contributed by atoms with van der Waals surface area (Å²) in [7, 11) is -4.67. The lowest BCUT2D eigenvalue weighted by Crippen LogP contribution is -2.23. The van der Waals surface area contributed by atoms with E-state index in [2.05, 4.69) is 4.99 Å². The zero-order valence-corrected chi connectivity index (χ0v) is 10.1. The lowest BCUT2D eigenvalue weighted by Gasteiger charge is -2.05. The largest absolute Gasteiger partial charge is 0.394 e. The van der Waals surface area contributed by atoms with Crippen molar-refractivity contribution in [2.45, 2.75) is 26.4 Å². The van der Waals surface area contributed by atoms with Crippen molar-refractivity contribution in [3.63, 3.8) is 0 Å². The molecule has 0 aliphatic heterocycles. The van der Waals surface area contributed by atoms with E-state index in [1.165, 1.54) is 0 Å². The van der Waals surface area contributed by atoms with Crippen LogP contribution in [0.25, 0.3) is 0 Å². The van der Waals surface area contributed by atoms with Crippen LogP contribution in [0.2, 0.25) is 0 Å². The third-order valence-corrected chi connectivity index (χ3v) is 1.05. The molecule has 0 radical (unpaired) electrons. The Morgan fingerprint density at radius 1 is 1.38 bits per heavy atom. The van der Waals surface area contributed by atoms with Crippen molar-refractivity contribution in [2.75, 3.05) is 13.2 Å². The topological polar surface area (TPSA) is 148 Å². The molecule has 0 aromatic heterocycles. The number of ether oxygens (including phenoxy) is 1. The maximum Gasteiger partial charge on any atom is 0.394 e. The number of guanidine groups is 1. The van der Waals surface area contributed by atoms with Crippen molar-refractivity contribution in [3.8, 4) is 0 Å². The maximum atomic E-state index is 8.74. The number of nitrogens with two attached hydrogens (primary N) is 2. The zero-order valence-electron chi connectivity index (χ0n) is 9.33. The molecule has 98 valence electrons. The van der Waals surface area contributed by atoms with Crippen LogP contribution in [0.4, 0.5) is 0 Å². The first-order valence-electron chi connectivity index (χ1n) is 4.49. The first-order chi connectivity index (χ1) is 7.13. The molecule has 0 atom stereocenters. The maximum absolute atomic E-state index is 8.74. The average Bonchev–Trinajstić information content (AvgIpc) is 1.99. The van der Waals surface area contributed by atoms with Crippen molar-refractivity contribution in [1.29, 1.82) is 0 Å². The molecule has 0 saturated heterocycles. The van der Waals surface area contributed by atoms with Gasteiger partial charge in [-0.25, -0.2) is 0 Å². The van der Waals surface area contributed by atoms with E-state index in [9.17, 15) is 0 Å². The minimum Gasteiger partial charge on any atom is -0.379 e. The van der Waals surface area contributed by atoms with Crippen LogP contribution in [0.15, 0.2) is 4.99 Å². The monoisotopic (exact) mass is 257 g/mol. The Labute approximate surface area is 95.3 Å². The second-order valence-electron chi connectivity index (χ2n) is 3.03. The summed E-state index contributed by atoms with van der Waals surface area (Å²) < 4.78 is 36.9. The molecule has 0 heterocycles. The summed E-state index contributed by atoms with van der Waals surface area (Å²) in [4.78, 5) is 3.81. The number of rotatable bonds is 5. The summed E-state index contributed by atoms with van der Waals surface area (Å²) in [5.41, 5.74) is 10.2. The minimum absolute atomic E-state index is 0.148. The highest BCUT2D eigenvalue weighted by molar-refractivity contribution is 7.79. The van der Waals surface area contributed by atoms with Crippen LogP contribution in [0.3, 0.4) is 0 Å². The van der Waals surface area contributed by atoms with Gasteiger partial charge in [0, 0.05) is 13.2 Å². The molecule has 6 N–H and O–H groups in total. The Kier molecular flexibility index (Phi) is 10.2. The van der Waals surface area contributed by atoms with Crippen molar-refractivity contribution < 1.29 is 22.3 Å². The summed E-state index contributed by atoms with van der Waals surface area (Å²) in [5, 5.41) is 0. The molecule has 0 bridgehead atoms. The highest BCUT2D eigenvalue weighted by Gasteiger charge is 1.91. The van der Waals surface area contributed by atoms with Gasteiger partial charge in [-0.3, -0.25) is 14.1 Å². The smallest absolute Gasteiger partial charge is 0.379 e. The molecule has 0 aromatic rings. The molecule has 0 aromatic carbocycles. The second kappa shape index (κ2) is 9.33. The van der Waals surface area contributed by atoms with Crippen LogP contribution < -0.4 is 11.5 Å². The van der Waals surface area contributed by atoms with E-state index in [0.29, 0.717) is 13.2 Å². The standard InChI is InChI=1S/C7H17N3O.H2O4S/c1-6(2)11-5-3-4-10-7(8)9;1-5(2,3)4/h6H,3-5H2,1-2H3,(H4,8,9,10);(H2,1,2,3,4). The van der Waals surface area contributed by atoms with Gasteiger partial charge in [0.2, 0.25) is 0 Å². The quantitative estimate of drug-likeness (QED) is 0.223. The molecule has 16 heavy (non-hydrogen) atoms. The normalized spacial score (nSPS) is 10.6. The molecule has 0 aliphatic rings. The highest BCUT2D eigenvalue weighted by atomic mass is 32.3. The fourth-order valence-corrected chi connectivity index (χ4v) is 0.592. The van der Waals surface area contributed by atoms with Gasteiger partial charge in [-0.1, -0.05) is 0 Å². The summed E-state index contributed by atoms with van der Waals surface area (Å²) >= 11 is 0. The zero-order chi connectivity index (χ0) is 13.2. The lowest BCUT2D eigenvalue weighted by molar-refractivity contribution is 0.0783. The van der Waals surface area contributed by atoms with Crippen LogP contribution >= 0.6 is 0 Å². The Morgan fingerprint density at radius 3 is 2.12 bits per heavy atom. The van der Waals surface area contributed by atoms with Crippen LogP contribution in [0, 0.1) is 0 Å². The first-order valence-corrected chi connectivity index (χ1v) is 5.89. The Bertz CT molecular complexity index is 276. The van der Waals surface area contributed by atoms with Crippen molar-refractivity contribution >= 4 is 16.4 Å². The molecule has 0 saturated carbocycles. The average molecular weight is 257 g/mol. The molecule has 8 nitrogen and oxygen atoms in total. The van der Waals surface area contributed by atoms with Gasteiger partial charge in [-0.15, -0.1) is 0 Å². The van der Waals surface area contributed by atoms with Gasteiger partial charge in [0.15, 0.2) is 5.96 Å². The van der Waals surface area contributed by atoms with E-state index in [4.69, 9.17) is 33.7 Å². The molecule has 9 heteroatoms. The minimum atomic E-state index is -4.67. The number of nitrogens with zero attached hydrogens (tertiary/aromatic N) is 1. The Hall–Kier alpha value is -0.900. The van der Waals surface area contributed by atoms with Crippen LogP contribution in [0.5, 0.6) is 0 Å². The number of hydrogen-bond donors (Lipinski definition) is 4. The van der Waals surface area contributed by atoms with Crippen molar-refractivity contribution in [1.82, 2.24) is 0 Å². The first kappa shape index (κ1) is 17.5. The van der Waals surface area contributed by atoms with Gasteiger partial charge in [-0.2, -0.15) is 8.42 Å². The van der Waals surface area contributed by atoms with E-state index < -0.39 is 10.4 Å². The highest BCUT2D eigenvalue weighted by Crippen LogP contribution is 1.90. The fourth-order valence-electron chi connectivity index (χ4n) is 0.592. The van der Waals surface area contributed by atoms with Gasteiger partial charge < -0.3 is 16.2 Å². The molecule has 0 rings (SSSR count). The second-order valence-corrected chi connectivity index (χ2v) is 3.92. The van der Waals surface area contributed by atoms with Gasteiger partial charge in [0.1, 0.15) is 0 Å². The fraction of sp³-hybridized carbons (Fsp3) is 0.857. The Balaban J connectivity index is 0. The lowest BCUT2D eigenvalue weighted by atomic mass is 10.4. The van der Waals surface area contributed by atoms with Crippen molar-refractivity contribution in [3.05, 3.63) is 0 Å². The van der Waals surface area contributed by atoms with Gasteiger partial charge in [0.05, 0.1) is 6.10 Å². The molecular weight excluding hydrogens is 238 g/mol. The molecule has 0 spiro atoms. The van der Waals surface area contributed by atoms with E-state index in [-0.39, 0.29) is 12.1 Å². The van der Waals surface area contributed by atoms with Gasteiger partial charge in [0.25, 0.3) is 0 Å². The summed E-state index contributed by atoms with van der Waals surface area (Å²) in [5.74, 6) is 0.148. The van der Waals surface area contributed by atoms with Gasteiger partial charge >= 0.3 is 10.4 Å². The van der Waals surface area contributed by atoms with Crippen LogP contribution in [-0.4, -0.2) is 42.7 Å². The van der Waals surface area contributed by atoms with E-state index >= 15 is 0 Å². The number of aliphatic imine (C=N–C) groups is 1. The predicted octanol–water partition coefficient (Wildman–Crippen LogP) is -0.578. The summed E-state index contributed by atoms with van der Waals surface area (Å²) in [6.07, 6.45) is 1.16. The third-order valence-electron chi connectivity index (χ3n) is 1.05. The summed E-state index contributed by atoms with van der Waals surface area (Å²) in [6, 6.07) is 0. The van der Waals surface area contributed by atoms with Crippen LogP contribution in [-0.2, 0) is 15.1 Å². The predicted molar refractivity (Wildman–Crippen MR) is 60.6 cm³/mol. The molecule has 0 aliphatic carbocycles. The molecular formula is C7H19N3O5S. The van der Waals surface area contributed by atoms with Crippen LogP contribution in [0.1, 0.15) is 20.3 Å². The van der Waals surface area contributed by atoms with E-state index in [1.54, 1.807) is 0 Å². The third kappa shape index (κ3) is 38.0. The number of hydrogen-bond acceptors (Lipinski definition) is 4. The SMILES string of the molecule is CC(C)OCCCN=C(N)N.O=S(=O)(O)O. The molecule has 0 amide bonds. The van der Waals surface area contributed by atoms with E-state index in [0.717, 1.165) is 6.42 Å². The van der Waals surface area contributed by atoms with E-state index in [1.807, 2.05) is 13.8 Å². The molecule has 0 unspecified atom stereocenters. The molecule has 0 fully saturated rings. The summed E-state index contributed by atoms with van der Waals surface area (Å²) in [6.45, 7) is 5.37. The Morgan fingerprint density at radius 2 is 1.81 bits per heavy atom. The van der Waals surface area contributed by atoms with Crippen molar-refractivity contribution in [2.24, 2.45) is 16.5 Å².